The Balaban J connectivity index is 1.24. The second-order valence-electron chi connectivity index (χ2n) is 17.6. The van der Waals surface area contributed by atoms with Crippen LogP contribution in [0, 0.1) is 17.3 Å². The Kier molecular flexibility index (Phi) is 17.6. The van der Waals surface area contributed by atoms with Crippen LogP contribution in [-0.4, -0.2) is 158 Å². The molecular weight excluding hydrogens is 936 g/mol. The van der Waals surface area contributed by atoms with Gasteiger partial charge in [-0.05, 0) is 85.0 Å². The maximum Gasteiger partial charge on any atom is 0.508 e. The van der Waals surface area contributed by atoms with Crippen LogP contribution < -0.4 is 4.74 Å². The van der Waals surface area contributed by atoms with Crippen molar-refractivity contribution in [3.8, 4) is 5.75 Å². The first-order chi connectivity index (χ1) is 33.3. The van der Waals surface area contributed by atoms with Crippen molar-refractivity contribution in [2.45, 2.75) is 147 Å². The third-order valence-electron chi connectivity index (χ3n) is 13.4. The van der Waals surface area contributed by atoms with E-state index in [1.807, 2.05) is 12.1 Å². The molecule has 7 unspecified atom stereocenters. The van der Waals surface area contributed by atoms with Crippen LogP contribution in [0.5, 0.6) is 5.75 Å². The summed E-state index contributed by atoms with van der Waals surface area (Å²) in [7, 11) is 4.26. The van der Waals surface area contributed by atoms with Gasteiger partial charge in [-0.15, -0.1) is 0 Å². The average molecular weight is 997 g/mol. The van der Waals surface area contributed by atoms with E-state index >= 15 is 0 Å². The molecule has 0 spiro atoms. The molecule has 5 aliphatic rings. The summed E-state index contributed by atoms with van der Waals surface area (Å²) in [4.78, 5) is 98.8. The number of fused-ring (bicyclic) bond motifs is 5. The number of methoxy groups -OCH3 is 4. The van der Waals surface area contributed by atoms with E-state index < -0.39 is 135 Å². The van der Waals surface area contributed by atoms with Crippen LogP contribution in [0.1, 0.15) is 83.8 Å². The largest absolute Gasteiger partial charge is 0.508 e. The Hall–Kier alpha value is -6.14. The minimum absolute atomic E-state index is 0.128. The summed E-state index contributed by atoms with van der Waals surface area (Å²) in [5, 5.41) is 0. The molecule has 0 aromatic heterocycles. The third-order valence-corrected chi connectivity index (χ3v) is 13.4. The molecule has 70 heavy (non-hydrogen) atoms. The first-order valence-corrected chi connectivity index (χ1v) is 22.7. The van der Waals surface area contributed by atoms with Gasteiger partial charge in [-0.1, -0.05) is 13.0 Å². The Morgan fingerprint density at radius 3 is 1.54 bits per heavy atom. The number of esters is 4. The Labute approximate surface area is 402 Å². The normalized spacial score (nSPS) is 32.9. The fourth-order valence-electron chi connectivity index (χ4n) is 10.6. The van der Waals surface area contributed by atoms with Crippen LogP contribution in [0.25, 0.3) is 0 Å². The van der Waals surface area contributed by atoms with Crippen LogP contribution in [-0.2, 0) is 96.7 Å². The average Bonchev–Trinajstić information content (AvgIpc) is 3.65. The molecule has 388 valence electrons. The molecule has 24 heteroatoms. The van der Waals surface area contributed by atoms with E-state index in [4.69, 9.17) is 75.8 Å². The maximum absolute atomic E-state index is 12.7. The molecule has 2 saturated heterocycles. The molecule has 2 saturated carbocycles. The van der Waals surface area contributed by atoms with E-state index in [1.165, 1.54) is 6.92 Å². The van der Waals surface area contributed by atoms with Crippen LogP contribution >= 0.6 is 0 Å². The minimum Gasteiger partial charge on any atom is -0.463 e. The molecule has 1 aromatic rings. The molecule has 15 atom stereocenters. The highest BCUT2D eigenvalue weighted by molar-refractivity contribution is 5.68. The predicted octanol–water partition coefficient (Wildman–Crippen LogP) is 4.35. The molecule has 0 N–H and O–H groups in total. The molecule has 0 bridgehead atoms. The smallest absolute Gasteiger partial charge is 0.463 e. The van der Waals surface area contributed by atoms with Gasteiger partial charge in [0.05, 0.1) is 34.5 Å². The lowest BCUT2D eigenvalue weighted by atomic mass is 9.55. The van der Waals surface area contributed by atoms with E-state index in [-0.39, 0.29) is 17.8 Å². The summed E-state index contributed by atoms with van der Waals surface area (Å²) in [6.07, 6.45) is -15.7. The summed E-state index contributed by atoms with van der Waals surface area (Å²) in [6.45, 7) is 5.79. The number of benzene rings is 1. The number of ether oxygens (including phenoxy) is 16. The number of aryl methyl sites for hydroxylation is 1. The summed E-state index contributed by atoms with van der Waals surface area (Å²) in [5.74, 6) is -2.18. The standard InChI is InChI=1S/C46H60O24/c1-21(47)59-19-31-34(61-23(3)49)36(67-42(51)55-6)38(69-44(53)57-8)40(64-31)63-26-11-13-27-25(18-26)10-12-29-28(27)16-17-46(5)30(29)14-15-33(46)66-41-39(70-45(54)58-9)37(68-43(52)56-7)35(62-24(4)50)32(65-41)20-60-22(2)48/h11,13,18,28-41H,10,12,14-17,19-20H2,1-9H3/t28-,29-,30+,31?,32?,33+,34-,35?,36?,37?,38?,39?,40-,41-,46+/m1/s1. The van der Waals surface area contributed by atoms with E-state index in [9.17, 15) is 38.4 Å². The van der Waals surface area contributed by atoms with Crippen molar-refractivity contribution in [2.75, 3.05) is 41.7 Å². The summed E-state index contributed by atoms with van der Waals surface area (Å²) < 4.78 is 88.1. The lowest BCUT2D eigenvalue weighted by Crippen LogP contribution is -2.64. The van der Waals surface area contributed by atoms with Gasteiger partial charge in [-0.3, -0.25) is 19.2 Å². The highest BCUT2D eigenvalue weighted by Crippen LogP contribution is 2.62. The van der Waals surface area contributed by atoms with Crippen molar-refractivity contribution in [1.82, 2.24) is 0 Å². The van der Waals surface area contributed by atoms with Crippen LogP contribution in [0.2, 0.25) is 0 Å². The molecule has 6 rings (SSSR count). The number of rotatable bonds is 14. The predicted molar refractivity (Wildman–Crippen MR) is 227 cm³/mol. The highest BCUT2D eigenvalue weighted by Gasteiger charge is 2.60. The monoisotopic (exact) mass is 996 g/mol. The molecule has 0 amide bonds. The zero-order valence-electron chi connectivity index (χ0n) is 40.3. The van der Waals surface area contributed by atoms with Gasteiger partial charge >= 0.3 is 48.5 Å². The number of hydrogen-bond acceptors (Lipinski definition) is 24. The van der Waals surface area contributed by atoms with Gasteiger partial charge in [0.25, 0.3) is 0 Å². The Bertz CT molecular complexity index is 2090. The minimum atomic E-state index is -1.60. The Morgan fingerprint density at radius 2 is 1.06 bits per heavy atom. The SMILES string of the molecule is COC(=O)OC1C(OC(C)=O)C(COC(C)=O)O[C@H](O[C@H]2CC[C@H]3[C@@H]4CCc5cc(O[C@@H]6OC(COC(C)=O)[C@@H](OC(C)=O)C(OC(=O)OC)C6OC(=O)OC)ccc5[C@H]4CC[C@]23C)C1OC(=O)OC. The van der Waals surface area contributed by atoms with Gasteiger partial charge < -0.3 is 75.8 Å². The Morgan fingerprint density at radius 1 is 0.571 bits per heavy atom. The lowest BCUT2D eigenvalue weighted by Gasteiger charge is -2.51. The molecule has 0 radical (unpaired) electrons. The molecule has 3 aliphatic carbocycles. The quantitative estimate of drug-likeness (QED) is 0.185. The highest BCUT2D eigenvalue weighted by atomic mass is 16.8. The topological polar surface area (TPSA) is 284 Å². The van der Waals surface area contributed by atoms with E-state index in [0.717, 1.165) is 79.6 Å². The van der Waals surface area contributed by atoms with Gasteiger partial charge in [0, 0.05) is 27.7 Å². The maximum atomic E-state index is 12.7. The van der Waals surface area contributed by atoms with Crippen molar-refractivity contribution in [1.29, 1.82) is 0 Å². The van der Waals surface area contributed by atoms with Gasteiger partial charge in [-0.2, -0.15) is 0 Å². The summed E-state index contributed by atoms with van der Waals surface area (Å²) >= 11 is 0. The van der Waals surface area contributed by atoms with Gasteiger partial charge in [0.2, 0.25) is 12.4 Å². The second-order valence-corrected chi connectivity index (χ2v) is 17.6. The van der Waals surface area contributed by atoms with Crippen LogP contribution in [0.3, 0.4) is 0 Å². The lowest BCUT2D eigenvalue weighted by molar-refractivity contribution is -0.321. The van der Waals surface area contributed by atoms with E-state index in [2.05, 4.69) is 6.92 Å². The molecule has 24 nitrogen and oxygen atoms in total. The number of carbonyl (C=O) groups is 8. The zero-order valence-corrected chi connectivity index (χ0v) is 40.3. The van der Waals surface area contributed by atoms with Gasteiger partial charge in [-0.25, -0.2) is 19.2 Å². The molecule has 1 aromatic carbocycles. The van der Waals surface area contributed by atoms with Crippen molar-refractivity contribution >= 4 is 48.5 Å². The molecule has 2 aliphatic heterocycles. The summed E-state index contributed by atoms with van der Waals surface area (Å²) in [5.41, 5.74) is 1.66. The van der Waals surface area contributed by atoms with E-state index in [0.29, 0.717) is 25.0 Å². The van der Waals surface area contributed by atoms with Gasteiger partial charge in [0.1, 0.15) is 31.2 Å². The molecule has 4 fully saturated rings. The van der Waals surface area contributed by atoms with Crippen molar-refractivity contribution in [2.24, 2.45) is 17.3 Å². The first kappa shape index (κ1) is 53.2. The summed E-state index contributed by atoms with van der Waals surface area (Å²) in [6, 6.07) is 5.53. The fourth-order valence-corrected chi connectivity index (χ4v) is 10.6. The van der Waals surface area contributed by atoms with E-state index in [1.54, 1.807) is 6.07 Å². The second kappa shape index (κ2) is 23.2. The first-order valence-electron chi connectivity index (χ1n) is 22.7. The van der Waals surface area contributed by atoms with Gasteiger partial charge in [0.15, 0.2) is 36.8 Å². The number of hydrogen-bond donors (Lipinski definition) is 0. The van der Waals surface area contributed by atoms with Crippen LogP contribution in [0.4, 0.5) is 19.2 Å². The van der Waals surface area contributed by atoms with Crippen molar-refractivity contribution in [3.05, 3.63) is 29.3 Å². The van der Waals surface area contributed by atoms with Crippen molar-refractivity contribution < 1.29 is 114 Å². The third kappa shape index (κ3) is 12.2. The number of carbonyl (C=O) groups excluding carboxylic acids is 8. The molecule has 2 heterocycles. The molecular formula is C46H60O24. The zero-order chi connectivity index (χ0) is 51.0. The van der Waals surface area contributed by atoms with Crippen LogP contribution in [0.15, 0.2) is 18.2 Å². The van der Waals surface area contributed by atoms with Crippen molar-refractivity contribution in [3.63, 3.8) is 0 Å². The fraction of sp³-hybridized carbons (Fsp3) is 0.696.